The molecule has 2 aromatic carbocycles. The first-order valence-corrected chi connectivity index (χ1v) is 10.4. The van der Waals surface area contributed by atoms with Crippen molar-refractivity contribution >= 4 is 51.3 Å². The van der Waals surface area contributed by atoms with E-state index in [2.05, 4.69) is 0 Å². The molecule has 0 aliphatic rings. The highest BCUT2D eigenvalue weighted by Gasteiger charge is 2.23. The van der Waals surface area contributed by atoms with Crippen LogP contribution in [0.15, 0.2) is 42.5 Å². The van der Waals surface area contributed by atoms with Crippen LogP contribution in [0.2, 0.25) is 10.0 Å². The Balaban J connectivity index is 2.05. The normalized spacial score (nSPS) is 10.8. The zero-order valence-corrected chi connectivity index (χ0v) is 18.2. The SMILES string of the molecule is CCCC(=O)N(c1ccc(Cl)c(Cl)c1)c1nc(-c2ccc(OC)cc2)c(C)s1. The Morgan fingerprint density at radius 1 is 1.14 bits per heavy atom. The largest absolute Gasteiger partial charge is 0.497 e. The molecule has 3 rings (SSSR count). The van der Waals surface area contributed by atoms with E-state index in [1.165, 1.54) is 11.3 Å². The Morgan fingerprint density at radius 2 is 1.86 bits per heavy atom. The first-order valence-electron chi connectivity index (χ1n) is 8.84. The number of hydrogen-bond acceptors (Lipinski definition) is 4. The van der Waals surface area contributed by atoms with Gasteiger partial charge in [-0.05, 0) is 55.8 Å². The van der Waals surface area contributed by atoms with Crippen LogP contribution >= 0.6 is 34.5 Å². The number of hydrogen-bond donors (Lipinski definition) is 0. The first kappa shape index (κ1) is 20.6. The van der Waals surface area contributed by atoms with Crippen LogP contribution in [0.3, 0.4) is 0 Å². The van der Waals surface area contributed by atoms with Gasteiger partial charge in [0.2, 0.25) is 5.91 Å². The minimum absolute atomic E-state index is 0.0316. The summed E-state index contributed by atoms with van der Waals surface area (Å²) in [7, 11) is 1.63. The van der Waals surface area contributed by atoms with Gasteiger partial charge in [0, 0.05) is 16.9 Å². The Labute approximate surface area is 178 Å². The minimum Gasteiger partial charge on any atom is -0.497 e. The van der Waals surface area contributed by atoms with Gasteiger partial charge in [-0.3, -0.25) is 9.69 Å². The number of carbonyl (C=O) groups excluding carboxylic acids is 1. The summed E-state index contributed by atoms with van der Waals surface area (Å²) in [6, 6.07) is 12.9. The predicted octanol–water partition coefficient (Wildman–Crippen LogP) is 6.90. The maximum absolute atomic E-state index is 12.9. The summed E-state index contributed by atoms with van der Waals surface area (Å²) in [5.74, 6) is 0.753. The van der Waals surface area contributed by atoms with E-state index in [9.17, 15) is 4.79 Å². The fourth-order valence-electron chi connectivity index (χ4n) is 2.81. The maximum Gasteiger partial charge on any atom is 0.233 e. The lowest BCUT2D eigenvalue weighted by molar-refractivity contribution is -0.117. The number of aromatic nitrogens is 1. The van der Waals surface area contributed by atoms with E-state index >= 15 is 0 Å². The number of thiazole rings is 1. The highest BCUT2D eigenvalue weighted by atomic mass is 35.5. The van der Waals surface area contributed by atoms with E-state index in [1.54, 1.807) is 30.2 Å². The molecule has 0 aliphatic heterocycles. The molecule has 1 aromatic heterocycles. The quantitative estimate of drug-likeness (QED) is 0.423. The Morgan fingerprint density at radius 3 is 2.46 bits per heavy atom. The van der Waals surface area contributed by atoms with Crippen molar-refractivity contribution in [3.05, 3.63) is 57.4 Å². The van der Waals surface area contributed by atoms with Crippen molar-refractivity contribution in [1.29, 1.82) is 0 Å². The van der Waals surface area contributed by atoms with E-state index in [0.717, 1.165) is 28.3 Å². The summed E-state index contributed by atoms with van der Waals surface area (Å²) in [6.45, 7) is 3.97. The van der Waals surface area contributed by atoms with E-state index in [4.69, 9.17) is 32.9 Å². The van der Waals surface area contributed by atoms with Gasteiger partial charge in [-0.15, -0.1) is 11.3 Å². The van der Waals surface area contributed by atoms with Crippen LogP contribution in [-0.2, 0) is 4.79 Å². The van der Waals surface area contributed by atoms with Crippen LogP contribution in [0, 0.1) is 6.92 Å². The zero-order chi connectivity index (χ0) is 20.3. The third-order valence-electron chi connectivity index (χ3n) is 4.21. The fraction of sp³-hybridized carbons (Fsp3) is 0.238. The van der Waals surface area contributed by atoms with Crippen LogP contribution in [0.5, 0.6) is 5.75 Å². The molecule has 3 aromatic rings. The molecule has 4 nitrogen and oxygen atoms in total. The number of benzene rings is 2. The van der Waals surface area contributed by atoms with Gasteiger partial charge in [0.25, 0.3) is 0 Å². The second kappa shape index (κ2) is 8.95. The number of ether oxygens (including phenoxy) is 1. The summed E-state index contributed by atoms with van der Waals surface area (Å²) in [5.41, 5.74) is 2.47. The van der Waals surface area contributed by atoms with Crippen molar-refractivity contribution in [2.45, 2.75) is 26.7 Å². The van der Waals surface area contributed by atoms with Gasteiger partial charge in [-0.2, -0.15) is 0 Å². The standard InChI is InChI=1S/C21H20Cl2N2O2S/c1-4-5-19(26)25(15-8-11-17(22)18(23)12-15)21-24-20(13(2)28-21)14-6-9-16(27-3)10-7-14/h6-12H,4-5H2,1-3H3. The van der Waals surface area contributed by atoms with E-state index in [-0.39, 0.29) is 5.91 Å². The molecule has 0 saturated heterocycles. The Kier molecular flexibility index (Phi) is 6.60. The second-order valence-corrected chi connectivity index (χ2v) is 8.20. The van der Waals surface area contributed by atoms with E-state index in [1.807, 2.05) is 38.1 Å². The number of halogens is 2. The topological polar surface area (TPSA) is 42.4 Å². The highest BCUT2D eigenvalue weighted by Crippen LogP contribution is 2.38. The highest BCUT2D eigenvalue weighted by molar-refractivity contribution is 7.16. The van der Waals surface area contributed by atoms with Crippen molar-refractivity contribution in [3.8, 4) is 17.0 Å². The lowest BCUT2D eigenvalue weighted by Gasteiger charge is -2.20. The Bertz CT molecular complexity index is 987. The number of carbonyl (C=O) groups is 1. The molecule has 0 bridgehead atoms. The Hall–Kier alpha value is -2.08. The molecule has 1 amide bonds. The average molecular weight is 435 g/mol. The molecule has 0 N–H and O–H groups in total. The molecule has 1 heterocycles. The van der Waals surface area contributed by atoms with Crippen LogP contribution in [-0.4, -0.2) is 18.0 Å². The fourth-order valence-corrected chi connectivity index (χ4v) is 4.07. The molecule has 7 heteroatoms. The van der Waals surface area contributed by atoms with Crippen LogP contribution < -0.4 is 9.64 Å². The first-order chi connectivity index (χ1) is 13.4. The van der Waals surface area contributed by atoms with Crippen molar-refractivity contribution in [1.82, 2.24) is 4.98 Å². The lowest BCUT2D eigenvalue weighted by atomic mass is 10.1. The van der Waals surface area contributed by atoms with Gasteiger partial charge in [0.1, 0.15) is 5.75 Å². The number of rotatable bonds is 6. The van der Waals surface area contributed by atoms with E-state index < -0.39 is 0 Å². The average Bonchev–Trinajstić information content (AvgIpc) is 3.06. The van der Waals surface area contributed by atoms with Crippen LogP contribution in [0.4, 0.5) is 10.8 Å². The van der Waals surface area contributed by atoms with Crippen molar-refractivity contribution in [2.75, 3.05) is 12.0 Å². The number of nitrogens with zero attached hydrogens (tertiary/aromatic N) is 2. The van der Waals surface area contributed by atoms with Gasteiger partial charge in [0.05, 0.1) is 28.5 Å². The van der Waals surface area contributed by atoms with Gasteiger partial charge in [0.15, 0.2) is 5.13 Å². The van der Waals surface area contributed by atoms with Crippen LogP contribution in [0.1, 0.15) is 24.6 Å². The molecule has 0 aliphatic carbocycles. The lowest BCUT2D eigenvalue weighted by Crippen LogP contribution is -2.25. The van der Waals surface area contributed by atoms with Gasteiger partial charge >= 0.3 is 0 Å². The molecule has 0 fully saturated rings. The second-order valence-electron chi connectivity index (χ2n) is 6.21. The molecule has 0 unspecified atom stereocenters. The maximum atomic E-state index is 12.9. The third-order valence-corrected chi connectivity index (χ3v) is 5.91. The molecule has 0 radical (unpaired) electrons. The summed E-state index contributed by atoms with van der Waals surface area (Å²) in [6.07, 6.45) is 1.16. The van der Waals surface area contributed by atoms with Crippen molar-refractivity contribution in [2.24, 2.45) is 0 Å². The van der Waals surface area contributed by atoms with Crippen molar-refractivity contribution in [3.63, 3.8) is 0 Å². The molecule has 28 heavy (non-hydrogen) atoms. The van der Waals surface area contributed by atoms with Gasteiger partial charge < -0.3 is 4.74 Å². The number of anilines is 2. The molecular formula is C21H20Cl2N2O2S. The monoisotopic (exact) mass is 434 g/mol. The number of aryl methyl sites for hydroxylation is 1. The van der Waals surface area contributed by atoms with Crippen molar-refractivity contribution < 1.29 is 9.53 Å². The van der Waals surface area contributed by atoms with Gasteiger partial charge in [-0.1, -0.05) is 30.1 Å². The molecular weight excluding hydrogens is 415 g/mol. The molecule has 0 atom stereocenters. The third kappa shape index (κ3) is 4.32. The molecule has 146 valence electrons. The molecule has 0 saturated carbocycles. The smallest absolute Gasteiger partial charge is 0.233 e. The van der Waals surface area contributed by atoms with E-state index in [0.29, 0.717) is 27.3 Å². The van der Waals surface area contributed by atoms with Gasteiger partial charge in [-0.25, -0.2) is 4.98 Å². The number of amides is 1. The molecule has 0 spiro atoms. The zero-order valence-electron chi connectivity index (χ0n) is 15.8. The summed E-state index contributed by atoms with van der Waals surface area (Å²) in [4.78, 5) is 20.3. The predicted molar refractivity (Wildman–Crippen MR) is 117 cm³/mol. The van der Waals surface area contributed by atoms with Crippen LogP contribution in [0.25, 0.3) is 11.3 Å². The summed E-state index contributed by atoms with van der Waals surface area (Å²) in [5, 5.41) is 1.46. The number of methoxy groups -OCH3 is 1. The summed E-state index contributed by atoms with van der Waals surface area (Å²) >= 11 is 13.7. The minimum atomic E-state index is -0.0316. The summed E-state index contributed by atoms with van der Waals surface area (Å²) < 4.78 is 5.22.